The molecule has 82 valence electrons. The Morgan fingerprint density at radius 3 is 2.73 bits per heavy atom. The van der Waals surface area contributed by atoms with Crippen LogP contribution in [-0.4, -0.2) is 17.8 Å². The van der Waals surface area contributed by atoms with Crippen molar-refractivity contribution in [2.75, 3.05) is 6.61 Å². The number of benzene rings is 1. The summed E-state index contributed by atoms with van der Waals surface area (Å²) in [6, 6.07) is 7.92. The highest BCUT2D eigenvalue weighted by molar-refractivity contribution is 5.27. The standard InChI is InChI=1S/C13H18O2/c1-10-5-2-3-8-12(10)13(14)9-15-11-6-4-7-11/h2-3,5,8,11,13-14H,4,6-7,9H2,1H3. The Kier molecular flexibility index (Phi) is 3.39. The van der Waals surface area contributed by atoms with Crippen LogP contribution in [0, 0.1) is 6.92 Å². The van der Waals surface area contributed by atoms with Crippen LogP contribution in [-0.2, 0) is 4.74 Å². The first-order valence-corrected chi connectivity index (χ1v) is 5.62. The number of rotatable bonds is 4. The van der Waals surface area contributed by atoms with Crippen molar-refractivity contribution in [3.05, 3.63) is 35.4 Å². The summed E-state index contributed by atoms with van der Waals surface area (Å²) < 4.78 is 5.60. The largest absolute Gasteiger partial charge is 0.386 e. The fourth-order valence-corrected chi connectivity index (χ4v) is 1.82. The van der Waals surface area contributed by atoms with Crippen LogP contribution in [0.4, 0.5) is 0 Å². The minimum atomic E-state index is -0.480. The molecule has 2 nitrogen and oxygen atoms in total. The Balaban J connectivity index is 1.89. The smallest absolute Gasteiger partial charge is 0.103 e. The van der Waals surface area contributed by atoms with E-state index < -0.39 is 6.10 Å². The minimum Gasteiger partial charge on any atom is -0.386 e. The van der Waals surface area contributed by atoms with Crippen LogP contribution in [0.5, 0.6) is 0 Å². The van der Waals surface area contributed by atoms with E-state index in [0.29, 0.717) is 12.7 Å². The first-order valence-electron chi connectivity index (χ1n) is 5.62. The highest BCUT2D eigenvalue weighted by Crippen LogP contribution is 2.24. The molecule has 0 bridgehead atoms. The van der Waals surface area contributed by atoms with Crippen molar-refractivity contribution in [1.29, 1.82) is 0 Å². The van der Waals surface area contributed by atoms with Gasteiger partial charge in [0.05, 0.1) is 12.7 Å². The lowest BCUT2D eigenvalue weighted by molar-refractivity contribution is -0.0428. The molecule has 0 spiro atoms. The van der Waals surface area contributed by atoms with Gasteiger partial charge in [0.1, 0.15) is 6.10 Å². The number of aryl methyl sites for hydroxylation is 1. The third-order valence-electron chi connectivity index (χ3n) is 3.09. The van der Waals surface area contributed by atoms with E-state index in [9.17, 15) is 5.11 Å². The zero-order valence-electron chi connectivity index (χ0n) is 9.15. The number of hydrogen-bond acceptors (Lipinski definition) is 2. The van der Waals surface area contributed by atoms with Gasteiger partial charge in [0.15, 0.2) is 0 Å². The topological polar surface area (TPSA) is 29.5 Å². The Hall–Kier alpha value is -0.860. The van der Waals surface area contributed by atoms with Gasteiger partial charge in [-0.1, -0.05) is 24.3 Å². The molecule has 0 aliphatic heterocycles. The lowest BCUT2D eigenvalue weighted by Crippen LogP contribution is -2.24. The quantitative estimate of drug-likeness (QED) is 0.820. The van der Waals surface area contributed by atoms with Crippen molar-refractivity contribution in [3.63, 3.8) is 0 Å². The van der Waals surface area contributed by atoms with Gasteiger partial charge < -0.3 is 9.84 Å². The van der Waals surface area contributed by atoms with Gasteiger partial charge in [-0.15, -0.1) is 0 Å². The van der Waals surface area contributed by atoms with E-state index in [1.54, 1.807) is 0 Å². The first-order chi connectivity index (χ1) is 7.27. The van der Waals surface area contributed by atoms with Gasteiger partial charge in [-0.3, -0.25) is 0 Å². The second-order valence-corrected chi connectivity index (χ2v) is 4.26. The Morgan fingerprint density at radius 1 is 1.40 bits per heavy atom. The van der Waals surface area contributed by atoms with Crippen molar-refractivity contribution in [2.45, 2.75) is 38.4 Å². The molecule has 1 unspecified atom stereocenters. The van der Waals surface area contributed by atoms with E-state index in [-0.39, 0.29) is 0 Å². The normalized spacial score (nSPS) is 18.5. The highest BCUT2D eigenvalue weighted by Gasteiger charge is 2.19. The molecule has 1 fully saturated rings. The second kappa shape index (κ2) is 4.77. The molecule has 1 atom stereocenters. The fraction of sp³-hybridized carbons (Fsp3) is 0.538. The lowest BCUT2D eigenvalue weighted by atomic mass is 9.96. The number of aliphatic hydroxyl groups excluding tert-OH is 1. The summed E-state index contributed by atoms with van der Waals surface area (Å²) in [5.74, 6) is 0. The number of aliphatic hydroxyl groups is 1. The Bertz CT molecular complexity index is 318. The van der Waals surface area contributed by atoms with E-state index in [1.807, 2.05) is 31.2 Å². The van der Waals surface area contributed by atoms with Crippen molar-refractivity contribution in [3.8, 4) is 0 Å². The van der Waals surface area contributed by atoms with Crippen LogP contribution in [0.15, 0.2) is 24.3 Å². The zero-order chi connectivity index (χ0) is 10.7. The van der Waals surface area contributed by atoms with E-state index in [4.69, 9.17) is 4.74 Å². The first kappa shape index (κ1) is 10.7. The predicted molar refractivity (Wildman–Crippen MR) is 59.7 cm³/mol. The molecule has 0 saturated heterocycles. The summed E-state index contributed by atoms with van der Waals surface area (Å²) in [5.41, 5.74) is 2.11. The van der Waals surface area contributed by atoms with Gasteiger partial charge in [-0.2, -0.15) is 0 Å². The molecule has 0 amide bonds. The molecule has 0 aromatic heterocycles. The molecular formula is C13H18O2. The summed E-state index contributed by atoms with van der Waals surface area (Å²) in [4.78, 5) is 0. The summed E-state index contributed by atoms with van der Waals surface area (Å²) in [6.07, 6.45) is 3.49. The minimum absolute atomic E-state index is 0.392. The SMILES string of the molecule is Cc1ccccc1C(O)COC1CCC1. The van der Waals surface area contributed by atoms with Gasteiger partial charge in [0, 0.05) is 0 Å². The molecular weight excluding hydrogens is 188 g/mol. The average Bonchev–Trinajstić information content (AvgIpc) is 2.16. The molecule has 15 heavy (non-hydrogen) atoms. The van der Waals surface area contributed by atoms with Gasteiger partial charge in [-0.25, -0.2) is 0 Å². The fourth-order valence-electron chi connectivity index (χ4n) is 1.82. The summed E-state index contributed by atoms with van der Waals surface area (Å²) >= 11 is 0. The van der Waals surface area contributed by atoms with Crippen LogP contribution >= 0.6 is 0 Å². The van der Waals surface area contributed by atoms with Crippen molar-refractivity contribution in [2.24, 2.45) is 0 Å². The lowest BCUT2D eigenvalue weighted by Gasteiger charge is -2.27. The summed E-state index contributed by atoms with van der Waals surface area (Å²) in [7, 11) is 0. The Labute approximate surface area is 90.9 Å². The van der Waals surface area contributed by atoms with Crippen molar-refractivity contribution >= 4 is 0 Å². The van der Waals surface area contributed by atoms with Crippen LogP contribution in [0.1, 0.15) is 36.5 Å². The Morgan fingerprint density at radius 2 is 2.13 bits per heavy atom. The number of ether oxygens (including phenoxy) is 1. The molecule has 1 saturated carbocycles. The molecule has 1 aromatic carbocycles. The molecule has 1 aliphatic carbocycles. The molecule has 0 radical (unpaired) electrons. The van der Waals surface area contributed by atoms with Crippen molar-refractivity contribution < 1.29 is 9.84 Å². The molecule has 1 aromatic rings. The zero-order valence-corrected chi connectivity index (χ0v) is 9.15. The summed E-state index contributed by atoms with van der Waals surface area (Å²) in [5, 5.41) is 9.94. The predicted octanol–water partition coefficient (Wildman–Crippen LogP) is 2.60. The van der Waals surface area contributed by atoms with E-state index in [1.165, 1.54) is 6.42 Å². The monoisotopic (exact) mass is 206 g/mol. The van der Waals surface area contributed by atoms with Gasteiger partial charge in [-0.05, 0) is 37.3 Å². The van der Waals surface area contributed by atoms with E-state index >= 15 is 0 Å². The summed E-state index contributed by atoms with van der Waals surface area (Å²) in [6.45, 7) is 2.44. The number of hydrogen-bond donors (Lipinski definition) is 1. The van der Waals surface area contributed by atoms with E-state index in [2.05, 4.69) is 0 Å². The van der Waals surface area contributed by atoms with Gasteiger partial charge in [0.25, 0.3) is 0 Å². The second-order valence-electron chi connectivity index (χ2n) is 4.26. The molecule has 2 rings (SSSR count). The maximum atomic E-state index is 9.94. The highest BCUT2D eigenvalue weighted by atomic mass is 16.5. The van der Waals surface area contributed by atoms with Crippen LogP contribution < -0.4 is 0 Å². The third-order valence-corrected chi connectivity index (χ3v) is 3.09. The van der Waals surface area contributed by atoms with E-state index in [0.717, 1.165) is 24.0 Å². The maximum Gasteiger partial charge on any atom is 0.103 e. The molecule has 1 aliphatic rings. The average molecular weight is 206 g/mol. The van der Waals surface area contributed by atoms with Crippen LogP contribution in [0.3, 0.4) is 0 Å². The molecule has 2 heteroatoms. The molecule has 1 N–H and O–H groups in total. The van der Waals surface area contributed by atoms with Gasteiger partial charge in [0.2, 0.25) is 0 Å². The van der Waals surface area contributed by atoms with Crippen molar-refractivity contribution in [1.82, 2.24) is 0 Å². The maximum absolute atomic E-state index is 9.94. The van der Waals surface area contributed by atoms with Crippen LogP contribution in [0.2, 0.25) is 0 Å². The van der Waals surface area contributed by atoms with Gasteiger partial charge >= 0.3 is 0 Å². The van der Waals surface area contributed by atoms with Crippen LogP contribution in [0.25, 0.3) is 0 Å². The third kappa shape index (κ3) is 2.58. The molecule has 0 heterocycles.